The lowest BCUT2D eigenvalue weighted by atomic mass is 10.0. The number of methoxy groups -OCH3 is 1. The van der Waals surface area contributed by atoms with Crippen LogP contribution < -0.4 is 4.74 Å². The van der Waals surface area contributed by atoms with E-state index >= 15 is 0 Å². The largest absolute Gasteiger partial charge is 0.497 e. The molecule has 0 amide bonds. The monoisotopic (exact) mass is 387 g/mol. The van der Waals surface area contributed by atoms with Crippen LogP contribution in [0.5, 0.6) is 5.75 Å². The number of rotatable bonds is 7. The number of carbonyl (C=O) groups excluding carboxylic acids is 2. The summed E-state index contributed by atoms with van der Waals surface area (Å²) >= 11 is 6.06. The lowest BCUT2D eigenvalue weighted by Crippen LogP contribution is -2.19. The molecule has 1 aromatic heterocycles. The molecule has 1 atom stereocenters. The molecule has 0 aliphatic heterocycles. The summed E-state index contributed by atoms with van der Waals surface area (Å²) in [6, 6.07) is 11.2. The summed E-state index contributed by atoms with van der Waals surface area (Å²) in [5.41, 5.74) is 1.08. The number of aliphatic hydroxyl groups excluding tert-OH is 2. The lowest BCUT2D eigenvalue weighted by molar-refractivity contribution is 0.0809. The average molecular weight is 388 g/mol. The molecule has 2 N–H and O–H groups in total. The minimum atomic E-state index is -0.989. The zero-order valence-corrected chi connectivity index (χ0v) is 15.3. The van der Waals surface area contributed by atoms with Gasteiger partial charge in [-0.15, -0.1) is 0 Å². The molecule has 140 valence electrons. The second-order valence-corrected chi connectivity index (χ2v) is 6.52. The Kier molecular flexibility index (Phi) is 5.60. The molecular formula is C20H18ClNO5. The van der Waals surface area contributed by atoms with E-state index < -0.39 is 24.3 Å². The van der Waals surface area contributed by atoms with Gasteiger partial charge < -0.3 is 19.5 Å². The summed E-state index contributed by atoms with van der Waals surface area (Å²) in [7, 11) is 1.52. The molecule has 0 saturated heterocycles. The first kappa shape index (κ1) is 19.1. The predicted molar refractivity (Wildman–Crippen MR) is 102 cm³/mol. The molecule has 7 heteroatoms. The number of benzene rings is 2. The number of hydrogen-bond acceptors (Lipinski definition) is 5. The van der Waals surface area contributed by atoms with Crippen LogP contribution in [0.3, 0.4) is 0 Å². The van der Waals surface area contributed by atoms with Gasteiger partial charge in [0, 0.05) is 27.7 Å². The molecule has 1 heterocycles. The van der Waals surface area contributed by atoms with Crippen molar-refractivity contribution in [3.63, 3.8) is 0 Å². The van der Waals surface area contributed by atoms with Gasteiger partial charge >= 0.3 is 0 Å². The molecule has 0 saturated carbocycles. The molecule has 0 aliphatic rings. The standard InChI is InChI=1S/C20H18ClNO5/c1-27-15-5-2-12(3-6-15)19(25)20(26)17-10-22(9-14(24)11-23)18-7-4-13(21)8-16(17)18/h2-8,10,14,23-24H,9,11H2,1H3. The van der Waals surface area contributed by atoms with E-state index in [9.17, 15) is 14.7 Å². The third-order valence-electron chi connectivity index (χ3n) is 4.26. The maximum atomic E-state index is 12.8. The fourth-order valence-electron chi connectivity index (χ4n) is 2.88. The Morgan fingerprint density at radius 1 is 1.15 bits per heavy atom. The Morgan fingerprint density at radius 3 is 2.48 bits per heavy atom. The van der Waals surface area contributed by atoms with Crippen LogP contribution >= 0.6 is 11.6 Å². The van der Waals surface area contributed by atoms with E-state index in [0.29, 0.717) is 21.7 Å². The first-order chi connectivity index (χ1) is 12.9. The predicted octanol–water partition coefficient (Wildman–Crippen LogP) is 2.72. The zero-order valence-electron chi connectivity index (χ0n) is 14.6. The molecule has 0 radical (unpaired) electrons. The lowest BCUT2D eigenvalue weighted by Gasteiger charge is -2.09. The fraction of sp³-hybridized carbons (Fsp3) is 0.200. The Bertz CT molecular complexity index is 994. The highest BCUT2D eigenvalue weighted by Gasteiger charge is 2.23. The van der Waals surface area contributed by atoms with Crippen LogP contribution in [-0.4, -0.2) is 46.2 Å². The number of fused-ring (bicyclic) bond motifs is 1. The van der Waals surface area contributed by atoms with E-state index in [-0.39, 0.29) is 17.7 Å². The molecule has 3 aromatic rings. The number of nitrogens with zero attached hydrogens (tertiary/aromatic N) is 1. The van der Waals surface area contributed by atoms with Crippen molar-refractivity contribution in [2.24, 2.45) is 0 Å². The topological polar surface area (TPSA) is 88.8 Å². The fourth-order valence-corrected chi connectivity index (χ4v) is 3.05. The van der Waals surface area contributed by atoms with Crippen LogP contribution in [-0.2, 0) is 6.54 Å². The van der Waals surface area contributed by atoms with Crippen LogP contribution in [0.25, 0.3) is 10.9 Å². The highest BCUT2D eigenvalue weighted by atomic mass is 35.5. The average Bonchev–Trinajstić information content (AvgIpc) is 3.04. The highest BCUT2D eigenvalue weighted by Crippen LogP contribution is 2.27. The van der Waals surface area contributed by atoms with Gasteiger partial charge in [0.1, 0.15) is 5.75 Å². The van der Waals surface area contributed by atoms with Crippen LogP contribution in [0.2, 0.25) is 5.02 Å². The minimum Gasteiger partial charge on any atom is -0.497 e. The van der Waals surface area contributed by atoms with Crippen molar-refractivity contribution in [3.8, 4) is 5.75 Å². The number of hydrogen-bond donors (Lipinski definition) is 2. The molecule has 2 aromatic carbocycles. The summed E-state index contributed by atoms with van der Waals surface area (Å²) in [6.07, 6.45) is 0.514. The number of ketones is 2. The molecule has 27 heavy (non-hydrogen) atoms. The molecule has 3 rings (SSSR count). The van der Waals surface area contributed by atoms with Gasteiger partial charge in [-0.1, -0.05) is 11.6 Å². The summed E-state index contributed by atoms with van der Waals surface area (Å²) in [5, 5.41) is 19.8. The second-order valence-electron chi connectivity index (χ2n) is 6.08. The molecule has 0 aliphatic carbocycles. The number of Topliss-reactive ketones (excluding diaryl/α,β-unsaturated/α-hetero) is 2. The van der Waals surface area contributed by atoms with Crippen LogP contribution in [0.15, 0.2) is 48.7 Å². The van der Waals surface area contributed by atoms with Crippen molar-refractivity contribution in [2.75, 3.05) is 13.7 Å². The zero-order chi connectivity index (χ0) is 19.6. The van der Waals surface area contributed by atoms with Crippen molar-refractivity contribution in [2.45, 2.75) is 12.6 Å². The van der Waals surface area contributed by atoms with Gasteiger partial charge in [0.05, 0.1) is 31.9 Å². The third-order valence-corrected chi connectivity index (χ3v) is 4.50. The van der Waals surface area contributed by atoms with Gasteiger partial charge in [-0.2, -0.15) is 0 Å². The quantitative estimate of drug-likeness (QED) is 0.480. The van der Waals surface area contributed by atoms with E-state index in [1.54, 1.807) is 34.9 Å². The van der Waals surface area contributed by atoms with Gasteiger partial charge in [0.25, 0.3) is 0 Å². The number of aliphatic hydroxyl groups is 2. The third kappa shape index (κ3) is 3.88. The minimum absolute atomic E-state index is 0.0820. The molecule has 1 unspecified atom stereocenters. The number of ether oxygens (including phenoxy) is 1. The number of halogens is 1. The molecule has 6 nitrogen and oxygen atoms in total. The first-order valence-electron chi connectivity index (χ1n) is 8.25. The van der Waals surface area contributed by atoms with E-state index in [4.69, 9.17) is 21.4 Å². The molecule has 0 spiro atoms. The molecule has 0 bridgehead atoms. The number of carbonyl (C=O) groups is 2. The molecule has 0 fully saturated rings. The van der Waals surface area contributed by atoms with E-state index in [1.165, 1.54) is 25.4 Å². The van der Waals surface area contributed by atoms with Crippen LogP contribution in [0.1, 0.15) is 20.7 Å². The SMILES string of the molecule is COc1ccc(C(=O)C(=O)c2cn(CC(O)CO)c3ccc(Cl)cc23)cc1. The normalized spacial score (nSPS) is 12.1. The van der Waals surface area contributed by atoms with Crippen molar-refractivity contribution >= 4 is 34.1 Å². The van der Waals surface area contributed by atoms with Crippen molar-refractivity contribution in [3.05, 3.63) is 64.8 Å². The summed E-state index contributed by atoms with van der Waals surface area (Å²) in [4.78, 5) is 25.5. The van der Waals surface area contributed by atoms with E-state index in [2.05, 4.69) is 0 Å². The second kappa shape index (κ2) is 7.92. The van der Waals surface area contributed by atoms with Gasteiger partial charge in [-0.25, -0.2) is 0 Å². The Morgan fingerprint density at radius 2 is 1.85 bits per heavy atom. The maximum absolute atomic E-state index is 12.8. The summed E-state index contributed by atoms with van der Waals surface area (Å²) in [6.45, 7) is -0.333. The van der Waals surface area contributed by atoms with Crippen LogP contribution in [0, 0.1) is 0 Å². The van der Waals surface area contributed by atoms with Gasteiger partial charge in [0.15, 0.2) is 0 Å². The Balaban J connectivity index is 2.02. The first-order valence-corrected chi connectivity index (χ1v) is 8.62. The maximum Gasteiger partial charge on any atom is 0.235 e. The Hall–Kier alpha value is -2.67. The summed E-state index contributed by atoms with van der Waals surface area (Å²) < 4.78 is 6.68. The Labute approximate surface area is 160 Å². The summed E-state index contributed by atoms with van der Waals surface area (Å²) in [5.74, 6) is -0.746. The van der Waals surface area contributed by atoms with Crippen molar-refractivity contribution in [1.82, 2.24) is 4.57 Å². The van der Waals surface area contributed by atoms with Crippen molar-refractivity contribution in [1.29, 1.82) is 0 Å². The van der Waals surface area contributed by atoms with Gasteiger partial charge in [-0.3, -0.25) is 9.59 Å². The molecular weight excluding hydrogens is 370 g/mol. The number of aromatic nitrogens is 1. The highest BCUT2D eigenvalue weighted by molar-refractivity contribution is 6.51. The van der Waals surface area contributed by atoms with E-state index in [0.717, 1.165) is 0 Å². The van der Waals surface area contributed by atoms with Crippen LogP contribution in [0.4, 0.5) is 0 Å². The van der Waals surface area contributed by atoms with E-state index in [1.807, 2.05) is 0 Å². The smallest absolute Gasteiger partial charge is 0.235 e. The van der Waals surface area contributed by atoms with Gasteiger partial charge in [-0.05, 0) is 42.5 Å². The van der Waals surface area contributed by atoms with Crippen molar-refractivity contribution < 1.29 is 24.5 Å². The van der Waals surface area contributed by atoms with Gasteiger partial charge in [0.2, 0.25) is 11.6 Å².